The highest BCUT2D eigenvalue weighted by molar-refractivity contribution is 7.98. The minimum absolute atomic E-state index is 0.806. The van der Waals surface area contributed by atoms with E-state index in [0.29, 0.717) is 0 Å². The summed E-state index contributed by atoms with van der Waals surface area (Å²) >= 11 is 3.29. The molecule has 1 aromatic heterocycles. The lowest BCUT2D eigenvalue weighted by Crippen LogP contribution is -1.75. The zero-order valence-electron chi connectivity index (χ0n) is 8.03. The highest BCUT2D eigenvalue weighted by atomic mass is 32.2. The van der Waals surface area contributed by atoms with Crippen LogP contribution in [-0.4, -0.2) is 12.5 Å². The highest BCUT2D eigenvalue weighted by Crippen LogP contribution is 2.33. The molecule has 0 spiro atoms. The maximum Gasteiger partial charge on any atom is 0.160 e. The van der Waals surface area contributed by atoms with Crippen LogP contribution in [0.4, 0.5) is 0 Å². The van der Waals surface area contributed by atoms with Crippen molar-refractivity contribution in [1.82, 2.24) is 0 Å². The Hall–Kier alpha value is -0.800. The Morgan fingerprint density at radius 3 is 2.79 bits per heavy atom. The van der Waals surface area contributed by atoms with Crippen molar-refractivity contribution in [3.05, 3.63) is 28.6 Å². The summed E-state index contributed by atoms with van der Waals surface area (Å²) in [7, 11) is 0. The summed E-state index contributed by atoms with van der Waals surface area (Å²) in [5, 5.41) is 1.20. The molecule has 72 valence electrons. The predicted octanol–water partition coefficient (Wildman–Crippen LogP) is 3.74. The SMILES string of the molecule is CSc1cc(C)cc2sc(C=O)cc12. The molecule has 0 aliphatic carbocycles. The molecule has 0 aliphatic heterocycles. The second-order valence-corrected chi connectivity index (χ2v) is 5.11. The standard InChI is InChI=1S/C11H10OS2/c1-7-3-10(13-2)9-5-8(6-12)14-11(9)4-7/h3-6H,1-2H3. The third kappa shape index (κ3) is 1.57. The topological polar surface area (TPSA) is 17.1 Å². The lowest BCUT2D eigenvalue weighted by atomic mass is 10.2. The van der Waals surface area contributed by atoms with Crippen LogP contribution in [0.3, 0.4) is 0 Å². The van der Waals surface area contributed by atoms with E-state index in [1.165, 1.54) is 20.5 Å². The molecule has 1 heterocycles. The summed E-state index contributed by atoms with van der Waals surface area (Å²) in [5.41, 5.74) is 1.25. The first-order valence-electron chi connectivity index (χ1n) is 4.28. The summed E-state index contributed by atoms with van der Waals surface area (Å²) in [4.78, 5) is 12.7. The number of rotatable bonds is 2. The summed E-state index contributed by atoms with van der Waals surface area (Å²) in [5.74, 6) is 0. The molecule has 2 rings (SSSR count). The van der Waals surface area contributed by atoms with E-state index in [9.17, 15) is 4.79 Å². The first kappa shape index (κ1) is 9.74. The van der Waals surface area contributed by atoms with Crippen molar-refractivity contribution >= 4 is 39.5 Å². The molecule has 0 amide bonds. The van der Waals surface area contributed by atoms with Gasteiger partial charge in [0.2, 0.25) is 0 Å². The Labute approximate surface area is 91.1 Å². The smallest absolute Gasteiger partial charge is 0.160 e. The molecule has 1 nitrogen and oxygen atoms in total. The number of aryl methyl sites for hydroxylation is 1. The lowest BCUT2D eigenvalue weighted by molar-refractivity contribution is 0.112. The lowest BCUT2D eigenvalue weighted by Gasteiger charge is -2.00. The average molecular weight is 222 g/mol. The third-order valence-electron chi connectivity index (χ3n) is 2.10. The molecule has 0 aliphatic rings. The molecular weight excluding hydrogens is 212 g/mol. The first-order valence-corrected chi connectivity index (χ1v) is 6.32. The van der Waals surface area contributed by atoms with Crippen molar-refractivity contribution in [2.24, 2.45) is 0 Å². The van der Waals surface area contributed by atoms with Crippen molar-refractivity contribution in [3.8, 4) is 0 Å². The van der Waals surface area contributed by atoms with Crippen molar-refractivity contribution in [1.29, 1.82) is 0 Å². The zero-order valence-corrected chi connectivity index (χ0v) is 9.67. The van der Waals surface area contributed by atoms with Crippen LogP contribution in [0.15, 0.2) is 23.1 Å². The van der Waals surface area contributed by atoms with E-state index in [4.69, 9.17) is 0 Å². The average Bonchev–Trinajstić information content (AvgIpc) is 2.59. The molecule has 3 heteroatoms. The number of thioether (sulfide) groups is 1. The maximum atomic E-state index is 10.7. The summed E-state index contributed by atoms with van der Waals surface area (Å²) in [6.07, 6.45) is 2.98. The van der Waals surface area contributed by atoms with Crippen molar-refractivity contribution in [3.63, 3.8) is 0 Å². The minimum Gasteiger partial charge on any atom is -0.297 e. The van der Waals surface area contributed by atoms with Gasteiger partial charge < -0.3 is 0 Å². The Kier molecular flexibility index (Phi) is 2.61. The Morgan fingerprint density at radius 1 is 1.36 bits per heavy atom. The van der Waals surface area contributed by atoms with E-state index in [1.54, 1.807) is 23.1 Å². The van der Waals surface area contributed by atoms with Gasteiger partial charge in [0.25, 0.3) is 0 Å². The predicted molar refractivity (Wildman–Crippen MR) is 63.7 cm³/mol. The molecule has 0 atom stereocenters. The van der Waals surface area contributed by atoms with Gasteiger partial charge in [-0.25, -0.2) is 0 Å². The van der Waals surface area contributed by atoms with E-state index in [0.717, 1.165) is 11.2 Å². The molecule has 0 saturated carbocycles. The normalized spacial score (nSPS) is 10.7. The number of hydrogen-bond donors (Lipinski definition) is 0. The van der Waals surface area contributed by atoms with Crippen molar-refractivity contribution in [2.45, 2.75) is 11.8 Å². The molecule has 0 bridgehead atoms. The second kappa shape index (κ2) is 3.75. The van der Waals surface area contributed by atoms with E-state index in [1.807, 2.05) is 6.07 Å². The summed E-state index contributed by atoms with van der Waals surface area (Å²) in [6.45, 7) is 2.08. The molecule has 0 radical (unpaired) electrons. The van der Waals surface area contributed by atoms with Gasteiger partial charge in [-0.3, -0.25) is 4.79 Å². The van der Waals surface area contributed by atoms with Crippen LogP contribution in [-0.2, 0) is 0 Å². The second-order valence-electron chi connectivity index (χ2n) is 3.15. The Morgan fingerprint density at radius 2 is 2.14 bits per heavy atom. The van der Waals surface area contributed by atoms with Gasteiger partial charge in [-0.05, 0) is 36.9 Å². The number of carbonyl (C=O) groups excluding carboxylic acids is 1. The maximum absolute atomic E-state index is 10.7. The van der Waals surface area contributed by atoms with Crippen LogP contribution in [0.5, 0.6) is 0 Å². The molecule has 1 aromatic carbocycles. The van der Waals surface area contributed by atoms with Gasteiger partial charge in [-0.2, -0.15) is 0 Å². The number of fused-ring (bicyclic) bond motifs is 1. The van der Waals surface area contributed by atoms with Gasteiger partial charge in [-0.15, -0.1) is 23.1 Å². The largest absolute Gasteiger partial charge is 0.297 e. The first-order chi connectivity index (χ1) is 6.74. The van der Waals surface area contributed by atoms with Gasteiger partial charge in [0.1, 0.15) is 0 Å². The van der Waals surface area contributed by atoms with Gasteiger partial charge in [0.15, 0.2) is 6.29 Å². The minimum atomic E-state index is 0.806. The number of hydrogen-bond acceptors (Lipinski definition) is 3. The fourth-order valence-electron chi connectivity index (χ4n) is 1.48. The Balaban J connectivity index is 2.77. The van der Waals surface area contributed by atoms with Gasteiger partial charge >= 0.3 is 0 Å². The molecule has 0 saturated heterocycles. The third-order valence-corrected chi connectivity index (χ3v) is 3.88. The highest BCUT2D eigenvalue weighted by Gasteiger charge is 2.06. The number of thiophene rings is 1. The molecule has 0 unspecified atom stereocenters. The van der Waals surface area contributed by atoms with E-state index in [-0.39, 0.29) is 0 Å². The van der Waals surface area contributed by atoms with Crippen LogP contribution < -0.4 is 0 Å². The van der Waals surface area contributed by atoms with E-state index >= 15 is 0 Å². The summed E-state index contributed by atoms with van der Waals surface area (Å²) < 4.78 is 1.21. The van der Waals surface area contributed by atoms with Crippen molar-refractivity contribution < 1.29 is 4.79 Å². The van der Waals surface area contributed by atoms with Gasteiger partial charge in [0.05, 0.1) is 4.88 Å². The van der Waals surface area contributed by atoms with E-state index < -0.39 is 0 Å². The van der Waals surface area contributed by atoms with Crippen LogP contribution in [0, 0.1) is 6.92 Å². The molecular formula is C11H10OS2. The Bertz CT molecular complexity index is 485. The zero-order chi connectivity index (χ0) is 10.1. The fraction of sp³-hybridized carbons (Fsp3) is 0.182. The van der Waals surface area contributed by atoms with Gasteiger partial charge in [-0.1, -0.05) is 0 Å². The number of aldehydes is 1. The quantitative estimate of drug-likeness (QED) is 0.568. The number of benzene rings is 1. The molecule has 2 aromatic rings. The van der Waals surface area contributed by atoms with Crippen LogP contribution in [0.1, 0.15) is 15.2 Å². The van der Waals surface area contributed by atoms with E-state index in [2.05, 4.69) is 25.3 Å². The summed E-state index contributed by atoms with van der Waals surface area (Å²) in [6, 6.07) is 6.26. The molecule has 14 heavy (non-hydrogen) atoms. The molecule has 0 N–H and O–H groups in total. The van der Waals surface area contributed by atoms with Crippen LogP contribution in [0.2, 0.25) is 0 Å². The van der Waals surface area contributed by atoms with Crippen LogP contribution >= 0.6 is 23.1 Å². The molecule has 0 fully saturated rings. The van der Waals surface area contributed by atoms with Crippen molar-refractivity contribution in [2.75, 3.05) is 6.26 Å². The number of carbonyl (C=O) groups is 1. The van der Waals surface area contributed by atoms with Crippen LogP contribution in [0.25, 0.3) is 10.1 Å². The fourth-order valence-corrected chi connectivity index (χ4v) is 3.24. The monoisotopic (exact) mass is 222 g/mol. The van der Waals surface area contributed by atoms with Gasteiger partial charge in [0, 0.05) is 15.0 Å².